The van der Waals surface area contributed by atoms with E-state index in [4.69, 9.17) is 11.6 Å². The van der Waals surface area contributed by atoms with Crippen LogP contribution in [0.1, 0.15) is 13.8 Å². The van der Waals surface area contributed by atoms with E-state index >= 15 is 0 Å². The lowest BCUT2D eigenvalue weighted by atomic mass is 10.3. The van der Waals surface area contributed by atoms with Gasteiger partial charge in [-0.15, -0.1) is 0 Å². The smallest absolute Gasteiger partial charge is 0.228 e. The summed E-state index contributed by atoms with van der Waals surface area (Å²) in [5.74, 6) is 0.352. The van der Waals surface area contributed by atoms with Crippen LogP contribution in [-0.4, -0.2) is 27.4 Å². The number of hydrogen-bond acceptors (Lipinski definition) is 6. The van der Waals surface area contributed by atoms with Gasteiger partial charge in [-0.2, -0.15) is 15.0 Å². The zero-order chi connectivity index (χ0) is 15.2. The third-order valence-electron chi connectivity index (χ3n) is 2.31. The molecule has 2 rings (SSSR count). The van der Waals surface area contributed by atoms with Crippen molar-refractivity contribution in [2.75, 3.05) is 17.2 Å². The van der Waals surface area contributed by atoms with E-state index in [9.17, 15) is 4.79 Å². The molecule has 0 radical (unpaired) electrons. The Morgan fingerprint density at radius 3 is 2.57 bits per heavy atom. The molecule has 2 N–H and O–H groups in total. The fourth-order valence-electron chi connectivity index (χ4n) is 1.53. The normalized spacial score (nSPS) is 10.2. The first-order valence-electron chi connectivity index (χ1n) is 6.28. The highest BCUT2D eigenvalue weighted by molar-refractivity contribution is 7.99. The number of nitrogens with zero attached hydrogens (tertiary/aromatic N) is 3. The summed E-state index contributed by atoms with van der Waals surface area (Å²) in [5.41, 5.74) is 0.744. The van der Waals surface area contributed by atoms with Crippen molar-refractivity contribution in [1.29, 1.82) is 0 Å². The number of amides is 1. The monoisotopic (exact) mass is 323 g/mol. The molecule has 2 aromatic rings. The van der Waals surface area contributed by atoms with Crippen molar-refractivity contribution < 1.29 is 4.79 Å². The zero-order valence-electron chi connectivity index (χ0n) is 11.6. The Kier molecular flexibility index (Phi) is 5.35. The van der Waals surface area contributed by atoms with Gasteiger partial charge in [0.15, 0.2) is 5.16 Å². The molecule has 1 amide bonds. The predicted molar refractivity (Wildman–Crippen MR) is 83.9 cm³/mol. The van der Waals surface area contributed by atoms with E-state index in [-0.39, 0.29) is 11.2 Å². The number of rotatable bonds is 5. The molecule has 110 valence electrons. The molecule has 0 aliphatic heterocycles. The van der Waals surface area contributed by atoms with Gasteiger partial charge in [0.25, 0.3) is 0 Å². The number of nitrogens with one attached hydrogen (secondary N) is 2. The average Bonchev–Trinajstić information content (AvgIpc) is 2.40. The molecule has 0 aliphatic carbocycles. The molecule has 0 spiro atoms. The molecule has 1 heterocycles. The molecule has 0 atom stereocenters. The van der Waals surface area contributed by atoms with E-state index < -0.39 is 0 Å². The lowest BCUT2D eigenvalue weighted by Gasteiger charge is -2.06. The molecule has 0 unspecified atom stereocenters. The summed E-state index contributed by atoms with van der Waals surface area (Å²) in [5, 5.41) is 6.37. The minimum Gasteiger partial charge on any atom is -0.354 e. The third kappa shape index (κ3) is 4.87. The molecular weight excluding hydrogens is 310 g/mol. The Morgan fingerprint density at radius 1 is 1.24 bits per heavy atom. The highest BCUT2D eigenvalue weighted by Gasteiger charge is 2.06. The highest BCUT2D eigenvalue weighted by Crippen LogP contribution is 2.27. The first kappa shape index (κ1) is 15.5. The van der Waals surface area contributed by atoms with Gasteiger partial charge in [-0.25, -0.2) is 0 Å². The number of aromatic nitrogens is 3. The summed E-state index contributed by atoms with van der Waals surface area (Å²) < 4.78 is 0. The number of halogens is 1. The van der Waals surface area contributed by atoms with Crippen LogP contribution in [0.25, 0.3) is 0 Å². The molecule has 0 fully saturated rings. The van der Waals surface area contributed by atoms with Gasteiger partial charge in [0, 0.05) is 24.1 Å². The molecule has 0 bridgehead atoms. The summed E-state index contributed by atoms with van der Waals surface area (Å²) in [6.07, 6.45) is 0. The molecular formula is C13H14ClN5OS. The summed E-state index contributed by atoms with van der Waals surface area (Å²) in [6, 6.07) is 7.39. The summed E-state index contributed by atoms with van der Waals surface area (Å²) in [6.45, 7) is 4.12. The van der Waals surface area contributed by atoms with Crippen molar-refractivity contribution in [1.82, 2.24) is 15.0 Å². The van der Waals surface area contributed by atoms with E-state index in [0.29, 0.717) is 17.6 Å². The topological polar surface area (TPSA) is 79.8 Å². The average molecular weight is 324 g/mol. The highest BCUT2D eigenvalue weighted by atomic mass is 35.5. The minimum absolute atomic E-state index is 0.102. The first-order chi connectivity index (χ1) is 10.1. The van der Waals surface area contributed by atoms with Gasteiger partial charge >= 0.3 is 0 Å². The van der Waals surface area contributed by atoms with Crippen molar-refractivity contribution >= 4 is 40.9 Å². The summed E-state index contributed by atoms with van der Waals surface area (Å²) >= 11 is 7.24. The van der Waals surface area contributed by atoms with E-state index in [2.05, 4.69) is 25.6 Å². The molecule has 6 nitrogen and oxygen atoms in total. The quantitative estimate of drug-likeness (QED) is 0.880. The van der Waals surface area contributed by atoms with Crippen LogP contribution in [0.4, 0.5) is 11.6 Å². The Balaban J connectivity index is 2.12. The maximum atomic E-state index is 11.0. The standard InChI is InChI=1S/C13H14ClN5OS/c1-3-15-12-17-11(14)18-13(19-12)21-10-6-4-9(5-7-10)16-8(2)20/h4-7H,3H2,1-2H3,(H,16,20)(H,15,17,18,19). The SMILES string of the molecule is CCNc1nc(Cl)nc(Sc2ccc(NC(C)=O)cc2)n1. The lowest BCUT2D eigenvalue weighted by Crippen LogP contribution is -2.05. The fraction of sp³-hybridized carbons (Fsp3) is 0.231. The van der Waals surface area contributed by atoms with E-state index in [1.807, 2.05) is 31.2 Å². The fourth-order valence-corrected chi connectivity index (χ4v) is 2.49. The van der Waals surface area contributed by atoms with Gasteiger partial charge in [-0.05, 0) is 54.6 Å². The van der Waals surface area contributed by atoms with Crippen LogP contribution in [-0.2, 0) is 4.79 Å². The van der Waals surface area contributed by atoms with Crippen LogP contribution in [0.15, 0.2) is 34.3 Å². The first-order valence-corrected chi connectivity index (χ1v) is 7.47. The van der Waals surface area contributed by atoms with Crippen LogP contribution >= 0.6 is 23.4 Å². The number of anilines is 2. The second kappa shape index (κ2) is 7.24. The Labute approximate surface area is 131 Å². The minimum atomic E-state index is -0.102. The van der Waals surface area contributed by atoms with Crippen molar-refractivity contribution in [3.63, 3.8) is 0 Å². The maximum Gasteiger partial charge on any atom is 0.228 e. The van der Waals surface area contributed by atoms with E-state index in [1.165, 1.54) is 18.7 Å². The molecule has 0 aliphatic rings. The molecule has 8 heteroatoms. The van der Waals surface area contributed by atoms with Crippen LogP contribution in [0.3, 0.4) is 0 Å². The Morgan fingerprint density at radius 2 is 1.95 bits per heavy atom. The van der Waals surface area contributed by atoms with Crippen LogP contribution < -0.4 is 10.6 Å². The molecule has 21 heavy (non-hydrogen) atoms. The third-order valence-corrected chi connectivity index (χ3v) is 3.35. The molecule has 1 aromatic carbocycles. The van der Waals surface area contributed by atoms with Crippen LogP contribution in [0.2, 0.25) is 5.28 Å². The second-order valence-electron chi connectivity index (χ2n) is 4.05. The van der Waals surface area contributed by atoms with Gasteiger partial charge < -0.3 is 10.6 Å². The second-order valence-corrected chi connectivity index (χ2v) is 5.43. The van der Waals surface area contributed by atoms with E-state index in [0.717, 1.165) is 10.6 Å². The van der Waals surface area contributed by atoms with Gasteiger partial charge in [0.05, 0.1) is 0 Å². The van der Waals surface area contributed by atoms with Gasteiger partial charge in [0.2, 0.25) is 17.1 Å². The van der Waals surface area contributed by atoms with Crippen molar-refractivity contribution in [2.24, 2.45) is 0 Å². The van der Waals surface area contributed by atoms with Crippen molar-refractivity contribution in [3.8, 4) is 0 Å². The van der Waals surface area contributed by atoms with Crippen molar-refractivity contribution in [2.45, 2.75) is 23.9 Å². The van der Waals surface area contributed by atoms with E-state index in [1.54, 1.807) is 0 Å². The zero-order valence-corrected chi connectivity index (χ0v) is 13.1. The van der Waals surface area contributed by atoms with Crippen LogP contribution in [0.5, 0.6) is 0 Å². The largest absolute Gasteiger partial charge is 0.354 e. The molecule has 1 aromatic heterocycles. The predicted octanol–water partition coefficient (Wildman–Crippen LogP) is 3.07. The number of carbonyl (C=O) groups is 1. The number of benzene rings is 1. The number of carbonyl (C=O) groups excluding carboxylic acids is 1. The summed E-state index contributed by atoms with van der Waals surface area (Å²) in [7, 11) is 0. The lowest BCUT2D eigenvalue weighted by molar-refractivity contribution is -0.114. The molecule has 0 saturated heterocycles. The Hall–Kier alpha value is -1.86. The van der Waals surface area contributed by atoms with Crippen LogP contribution in [0, 0.1) is 0 Å². The van der Waals surface area contributed by atoms with Gasteiger partial charge in [-0.1, -0.05) is 0 Å². The molecule has 0 saturated carbocycles. The maximum absolute atomic E-state index is 11.0. The Bertz CT molecular complexity index is 635. The number of hydrogen-bond donors (Lipinski definition) is 2. The summed E-state index contributed by atoms with van der Waals surface area (Å²) in [4.78, 5) is 24.2. The van der Waals surface area contributed by atoms with Crippen molar-refractivity contribution in [3.05, 3.63) is 29.5 Å². The van der Waals surface area contributed by atoms with Gasteiger partial charge in [-0.3, -0.25) is 4.79 Å². The van der Waals surface area contributed by atoms with Gasteiger partial charge in [0.1, 0.15) is 0 Å².